The number of hydrogen-bond donors (Lipinski definition) is 2. The monoisotopic (exact) mass is 251 g/mol. The Kier molecular flexibility index (Phi) is 6.39. The van der Waals surface area contributed by atoms with Crippen LogP contribution in [0.15, 0.2) is 24.3 Å². The Morgan fingerprint density at radius 3 is 2.83 bits per heavy atom. The first-order chi connectivity index (χ1) is 8.69. The second-order valence-electron chi connectivity index (χ2n) is 4.40. The van der Waals surface area contributed by atoms with E-state index in [0.29, 0.717) is 18.0 Å². The number of carbonyl (C=O) groups is 1. The third-order valence-corrected chi connectivity index (χ3v) is 2.85. The molecule has 1 atom stereocenters. The Bertz CT molecular complexity index is 379. The fourth-order valence-corrected chi connectivity index (χ4v) is 1.76. The molecule has 0 radical (unpaired) electrons. The summed E-state index contributed by atoms with van der Waals surface area (Å²) in [7, 11) is 1.38. The summed E-state index contributed by atoms with van der Waals surface area (Å²) in [6.07, 6.45) is 0.783. The molecule has 1 unspecified atom stereocenters. The van der Waals surface area contributed by atoms with Crippen molar-refractivity contribution in [2.45, 2.75) is 19.9 Å². The summed E-state index contributed by atoms with van der Waals surface area (Å²) < 4.78 is 4.74. The quantitative estimate of drug-likeness (QED) is 0.722. The Morgan fingerprint density at radius 1 is 1.44 bits per heavy atom. The minimum absolute atomic E-state index is 0.210. The maximum atomic E-state index is 11.6. The highest BCUT2D eigenvalue weighted by atomic mass is 16.5. The molecule has 1 aromatic rings. The summed E-state index contributed by atoms with van der Waals surface area (Å²) >= 11 is 0. The van der Waals surface area contributed by atoms with Crippen molar-refractivity contribution < 1.29 is 14.6 Å². The molecule has 0 aliphatic heterocycles. The number of nitrogens with one attached hydrogen (secondary N) is 1. The van der Waals surface area contributed by atoms with Crippen LogP contribution in [0.25, 0.3) is 0 Å². The van der Waals surface area contributed by atoms with E-state index in [1.165, 1.54) is 7.11 Å². The van der Waals surface area contributed by atoms with Crippen LogP contribution in [0.1, 0.15) is 29.3 Å². The molecule has 1 aromatic carbocycles. The van der Waals surface area contributed by atoms with Crippen LogP contribution < -0.4 is 5.32 Å². The molecule has 0 amide bonds. The van der Waals surface area contributed by atoms with Crippen LogP contribution in [0.2, 0.25) is 0 Å². The average Bonchev–Trinajstić information content (AvgIpc) is 2.39. The zero-order valence-electron chi connectivity index (χ0n) is 11.0. The van der Waals surface area contributed by atoms with E-state index in [9.17, 15) is 4.79 Å². The molecule has 0 saturated carbocycles. The van der Waals surface area contributed by atoms with Gasteiger partial charge in [-0.2, -0.15) is 0 Å². The van der Waals surface area contributed by atoms with E-state index in [0.717, 1.165) is 18.5 Å². The van der Waals surface area contributed by atoms with Crippen LogP contribution in [-0.4, -0.2) is 31.3 Å². The van der Waals surface area contributed by atoms with Crippen LogP contribution in [0, 0.1) is 5.92 Å². The molecule has 2 N–H and O–H groups in total. The molecule has 0 saturated heterocycles. The van der Waals surface area contributed by atoms with Crippen molar-refractivity contribution in [3.8, 4) is 0 Å². The zero-order chi connectivity index (χ0) is 13.4. The zero-order valence-corrected chi connectivity index (χ0v) is 11.0. The van der Waals surface area contributed by atoms with Crippen molar-refractivity contribution in [3.05, 3.63) is 35.4 Å². The summed E-state index contributed by atoms with van der Waals surface area (Å²) in [4.78, 5) is 11.6. The van der Waals surface area contributed by atoms with Crippen molar-refractivity contribution in [1.82, 2.24) is 5.32 Å². The van der Waals surface area contributed by atoms with Gasteiger partial charge >= 0.3 is 5.97 Å². The van der Waals surface area contributed by atoms with Gasteiger partial charge in [-0.25, -0.2) is 4.79 Å². The molecule has 18 heavy (non-hydrogen) atoms. The lowest BCUT2D eigenvalue weighted by molar-refractivity contribution is 0.0599. The van der Waals surface area contributed by atoms with Gasteiger partial charge in [0.15, 0.2) is 0 Å². The summed E-state index contributed by atoms with van der Waals surface area (Å²) in [5.41, 5.74) is 1.53. The Morgan fingerprint density at radius 2 is 2.17 bits per heavy atom. The maximum absolute atomic E-state index is 11.6. The van der Waals surface area contributed by atoms with Crippen molar-refractivity contribution in [3.63, 3.8) is 0 Å². The van der Waals surface area contributed by atoms with E-state index in [-0.39, 0.29) is 12.6 Å². The molecule has 100 valence electrons. The van der Waals surface area contributed by atoms with Gasteiger partial charge in [0.25, 0.3) is 0 Å². The lowest BCUT2D eigenvalue weighted by Crippen LogP contribution is -2.22. The highest BCUT2D eigenvalue weighted by molar-refractivity contribution is 5.90. The molecule has 0 aliphatic rings. The highest BCUT2D eigenvalue weighted by Gasteiger charge is 2.10. The van der Waals surface area contributed by atoms with E-state index in [1.807, 2.05) is 18.2 Å². The topological polar surface area (TPSA) is 58.6 Å². The number of esters is 1. The standard InChI is InChI=1S/C14H21NO3/c1-11(7-8-16)9-15-10-12-5-3-4-6-13(12)14(17)18-2/h3-6,11,15-16H,7-10H2,1-2H3. The van der Waals surface area contributed by atoms with Crippen molar-refractivity contribution in [1.29, 1.82) is 0 Å². The molecular formula is C14H21NO3. The first-order valence-electron chi connectivity index (χ1n) is 6.16. The van der Waals surface area contributed by atoms with E-state index in [1.54, 1.807) is 6.07 Å². The molecule has 4 nitrogen and oxygen atoms in total. The molecule has 0 aliphatic carbocycles. The number of aliphatic hydroxyl groups is 1. The predicted octanol–water partition coefficient (Wildman–Crippen LogP) is 1.58. The van der Waals surface area contributed by atoms with Gasteiger partial charge in [-0.15, -0.1) is 0 Å². The molecule has 0 heterocycles. The van der Waals surface area contributed by atoms with Gasteiger partial charge in [-0.1, -0.05) is 25.1 Å². The summed E-state index contributed by atoms with van der Waals surface area (Å²) in [5.74, 6) is 0.107. The van der Waals surface area contributed by atoms with E-state index < -0.39 is 0 Å². The lowest BCUT2D eigenvalue weighted by atomic mass is 10.1. The van der Waals surface area contributed by atoms with Crippen LogP contribution in [0.3, 0.4) is 0 Å². The SMILES string of the molecule is COC(=O)c1ccccc1CNCC(C)CCO. The molecule has 4 heteroatoms. The smallest absolute Gasteiger partial charge is 0.338 e. The highest BCUT2D eigenvalue weighted by Crippen LogP contribution is 2.10. The number of methoxy groups -OCH3 is 1. The van der Waals surface area contributed by atoms with Gasteiger partial charge in [0, 0.05) is 13.2 Å². The first kappa shape index (κ1) is 14.7. The van der Waals surface area contributed by atoms with E-state index in [2.05, 4.69) is 12.2 Å². The van der Waals surface area contributed by atoms with Crippen molar-refractivity contribution in [2.75, 3.05) is 20.3 Å². The van der Waals surface area contributed by atoms with Crippen LogP contribution in [-0.2, 0) is 11.3 Å². The number of rotatable bonds is 7. The number of benzene rings is 1. The Labute approximate surface area is 108 Å². The summed E-state index contributed by atoms with van der Waals surface area (Å²) in [6.45, 7) is 3.73. The lowest BCUT2D eigenvalue weighted by Gasteiger charge is -2.12. The number of ether oxygens (including phenoxy) is 1. The first-order valence-corrected chi connectivity index (χ1v) is 6.16. The van der Waals surface area contributed by atoms with Crippen LogP contribution in [0.5, 0.6) is 0 Å². The van der Waals surface area contributed by atoms with Gasteiger partial charge in [-0.3, -0.25) is 0 Å². The minimum atomic E-state index is -0.309. The molecule has 0 bridgehead atoms. The third kappa shape index (κ3) is 4.47. The molecule has 1 rings (SSSR count). The fourth-order valence-electron chi connectivity index (χ4n) is 1.76. The van der Waals surface area contributed by atoms with Gasteiger partial charge in [-0.05, 0) is 30.5 Å². The Balaban J connectivity index is 2.54. The van der Waals surface area contributed by atoms with Gasteiger partial charge in [0.1, 0.15) is 0 Å². The largest absolute Gasteiger partial charge is 0.465 e. The average molecular weight is 251 g/mol. The minimum Gasteiger partial charge on any atom is -0.465 e. The second kappa shape index (κ2) is 7.84. The molecular weight excluding hydrogens is 230 g/mol. The summed E-state index contributed by atoms with van der Waals surface area (Å²) in [6, 6.07) is 7.40. The number of carbonyl (C=O) groups excluding carboxylic acids is 1. The van der Waals surface area contributed by atoms with Crippen LogP contribution >= 0.6 is 0 Å². The number of hydrogen-bond acceptors (Lipinski definition) is 4. The second-order valence-corrected chi connectivity index (χ2v) is 4.40. The molecule has 0 aromatic heterocycles. The Hall–Kier alpha value is -1.39. The van der Waals surface area contributed by atoms with Crippen LogP contribution in [0.4, 0.5) is 0 Å². The van der Waals surface area contributed by atoms with Gasteiger partial charge in [0.05, 0.1) is 12.7 Å². The normalized spacial score (nSPS) is 12.2. The molecule has 0 fully saturated rings. The predicted molar refractivity (Wildman–Crippen MR) is 70.4 cm³/mol. The van der Waals surface area contributed by atoms with E-state index >= 15 is 0 Å². The van der Waals surface area contributed by atoms with E-state index in [4.69, 9.17) is 9.84 Å². The maximum Gasteiger partial charge on any atom is 0.338 e. The van der Waals surface area contributed by atoms with Crippen molar-refractivity contribution in [2.24, 2.45) is 5.92 Å². The third-order valence-electron chi connectivity index (χ3n) is 2.85. The molecule has 0 spiro atoms. The number of aliphatic hydroxyl groups excluding tert-OH is 1. The van der Waals surface area contributed by atoms with Gasteiger partial charge < -0.3 is 15.2 Å². The summed E-state index contributed by atoms with van der Waals surface area (Å²) in [5, 5.41) is 12.1. The van der Waals surface area contributed by atoms with Crippen molar-refractivity contribution >= 4 is 5.97 Å². The fraction of sp³-hybridized carbons (Fsp3) is 0.500. The van der Waals surface area contributed by atoms with Gasteiger partial charge in [0.2, 0.25) is 0 Å².